The van der Waals surface area contributed by atoms with Crippen LogP contribution in [0.1, 0.15) is 29.6 Å². The molecule has 0 unspecified atom stereocenters. The Labute approximate surface area is 144 Å². The molecule has 1 N–H and O–H groups in total. The number of halogens is 1. The van der Waals surface area contributed by atoms with E-state index in [2.05, 4.69) is 10.2 Å². The summed E-state index contributed by atoms with van der Waals surface area (Å²) in [4.78, 5) is 26.2. The van der Waals surface area contributed by atoms with Gasteiger partial charge in [-0.1, -0.05) is 0 Å². The van der Waals surface area contributed by atoms with Gasteiger partial charge in [0, 0.05) is 30.5 Å². The van der Waals surface area contributed by atoms with Gasteiger partial charge in [0.25, 0.3) is 0 Å². The maximum atomic E-state index is 13.1. The van der Waals surface area contributed by atoms with Crippen LogP contribution in [0.15, 0.2) is 30.5 Å². The normalized spacial score (nSPS) is 20.1. The molecule has 0 bridgehead atoms. The van der Waals surface area contributed by atoms with Crippen LogP contribution in [-0.4, -0.2) is 46.2 Å². The lowest BCUT2D eigenvalue weighted by molar-refractivity contribution is -0.128. The average Bonchev–Trinajstić information content (AvgIpc) is 3.20. The van der Waals surface area contributed by atoms with Crippen LogP contribution in [0, 0.1) is 11.7 Å². The summed E-state index contributed by atoms with van der Waals surface area (Å²) in [5.74, 6) is -0.652. The number of nitrogens with one attached hydrogen (secondary N) is 1. The molecule has 1 aliphatic carbocycles. The van der Waals surface area contributed by atoms with E-state index >= 15 is 0 Å². The number of rotatable bonds is 5. The summed E-state index contributed by atoms with van der Waals surface area (Å²) in [5, 5.41) is 6.65. The summed E-state index contributed by atoms with van der Waals surface area (Å²) in [5.41, 5.74) is 1.45. The van der Waals surface area contributed by atoms with Gasteiger partial charge in [-0.3, -0.25) is 9.89 Å². The van der Waals surface area contributed by atoms with E-state index in [4.69, 9.17) is 4.74 Å². The lowest BCUT2D eigenvalue weighted by atomic mass is 10.1. The minimum atomic E-state index is -0.495. The number of amides is 1. The van der Waals surface area contributed by atoms with Crippen molar-refractivity contribution in [2.75, 3.05) is 13.2 Å². The first kappa shape index (κ1) is 15.8. The molecule has 1 amide bonds. The lowest BCUT2D eigenvalue weighted by Gasteiger charge is -2.15. The van der Waals surface area contributed by atoms with E-state index in [-0.39, 0.29) is 24.2 Å². The number of aromatic nitrogens is 2. The summed E-state index contributed by atoms with van der Waals surface area (Å²) < 4.78 is 18.5. The summed E-state index contributed by atoms with van der Waals surface area (Å²) >= 11 is 0. The van der Waals surface area contributed by atoms with E-state index < -0.39 is 5.97 Å². The van der Waals surface area contributed by atoms with Crippen LogP contribution >= 0.6 is 0 Å². The zero-order valence-electron chi connectivity index (χ0n) is 13.6. The first-order valence-corrected chi connectivity index (χ1v) is 8.37. The molecule has 1 aromatic heterocycles. The van der Waals surface area contributed by atoms with Gasteiger partial charge in [0.1, 0.15) is 11.4 Å². The third-order valence-electron chi connectivity index (χ3n) is 4.67. The van der Waals surface area contributed by atoms with Gasteiger partial charge in [-0.05, 0) is 37.1 Å². The molecule has 4 rings (SSSR count). The number of nitrogens with zero attached hydrogens (tertiary/aromatic N) is 2. The van der Waals surface area contributed by atoms with Gasteiger partial charge in [0.05, 0.1) is 18.5 Å². The average molecular weight is 343 g/mol. The highest BCUT2D eigenvalue weighted by molar-refractivity contribution is 5.95. The molecule has 1 aromatic carbocycles. The first-order chi connectivity index (χ1) is 12.1. The van der Waals surface area contributed by atoms with Crippen molar-refractivity contribution >= 4 is 11.9 Å². The largest absolute Gasteiger partial charge is 0.462 e. The van der Waals surface area contributed by atoms with Crippen LogP contribution < -0.4 is 0 Å². The molecular weight excluding hydrogens is 325 g/mol. The second kappa shape index (κ2) is 6.31. The topological polar surface area (TPSA) is 75.3 Å². The number of likely N-dealkylation sites (tertiary alicyclic amines) is 1. The van der Waals surface area contributed by atoms with Crippen LogP contribution in [-0.2, 0) is 9.53 Å². The smallest absolute Gasteiger partial charge is 0.341 e. The molecular formula is C18H18FN3O3. The Morgan fingerprint density at radius 1 is 1.32 bits per heavy atom. The van der Waals surface area contributed by atoms with Gasteiger partial charge < -0.3 is 9.64 Å². The Morgan fingerprint density at radius 3 is 2.80 bits per heavy atom. The highest BCUT2D eigenvalue weighted by Crippen LogP contribution is 2.32. The van der Waals surface area contributed by atoms with Gasteiger partial charge >= 0.3 is 5.97 Å². The number of hydrogen-bond donors (Lipinski definition) is 1. The van der Waals surface area contributed by atoms with Gasteiger partial charge in [0.2, 0.25) is 5.91 Å². The predicted octanol–water partition coefficient (Wildman–Crippen LogP) is 2.38. The Hall–Kier alpha value is -2.70. The molecule has 1 aliphatic heterocycles. The zero-order valence-corrected chi connectivity index (χ0v) is 13.6. The van der Waals surface area contributed by atoms with Gasteiger partial charge in [-0.25, -0.2) is 9.18 Å². The third kappa shape index (κ3) is 3.26. The maximum absolute atomic E-state index is 13.1. The van der Waals surface area contributed by atoms with Crippen molar-refractivity contribution in [1.29, 1.82) is 0 Å². The first-order valence-electron chi connectivity index (χ1n) is 8.37. The Kier molecular flexibility index (Phi) is 3.99. The molecule has 130 valence electrons. The standard InChI is InChI=1S/C18H18FN3O3/c19-13-3-1-12(2-4-13)17-15(8-20-21-17)18(24)25-10-11-7-16(23)22(9-11)14-5-6-14/h1-4,8,11,14H,5-7,9-10H2,(H,20,21)/t11-/m0/s1. The summed E-state index contributed by atoms with van der Waals surface area (Å²) in [6, 6.07) is 6.18. The van der Waals surface area contributed by atoms with Crippen LogP contribution in [0.2, 0.25) is 0 Å². The van der Waals surface area contributed by atoms with Crippen LogP contribution in [0.5, 0.6) is 0 Å². The number of esters is 1. The fraction of sp³-hybridized carbons (Fsp3) is 0.389. The van der Waals surface area contributed by atoms with Gasteiger partial charge in [0.15, 0.2) is 0 Å². The number of ether oxygens (including phenoxy) is 1. The minimum Gasteiger partial charge on any atom is -0.462 e. The molecule has 1 saturated carbocycles. The number of carbonyl (C=O) groups is 2. The van der Waals surface area contributed by atoms with Crippen molar-refractivity contribution in [2.45, 2.75) is 25.3 Å². The van der Waals surface area contributed by atoms with E-state index in [0.717, 1.165) is 12.8 Å². The second-order valence-corrected chi connectivity index (χ2v) is 6.61. The Balaban J connectivity index is 1.40. The summed E-state index contributed by atoms with van der Waals surface area (Å²) in [7, 11) is 0. The zero-order chi connectivity index (χ0) is 17.4. The fourth-order valence-corrected chi connectivity index (χ4v) is 3.21. The molecule has 0 radical (unpaired) electrons. The molecule has 6 nitrogen and oxygen atoms in total. The Bertz CT molecular complexity index is 798. The highest BCUT2D eigenvalue weighted by Gasteiger charge is 2.39. The van der Waals surface area contributed by atoms with Crippen LogP contribution in [0.4, 0.5) is 4.39 Å². The summed E-state index contributed by atoms with van der Waals surface area (Å²) in [6.07, 6.45) is 3.99. The number of H-pyrrole nitrogens is 1. The monoisotopic (exact) mass is 343 g/mol. The molecule has 1 saturated heterocycles. The fourth-order valence-electron chi connectivity index (χ4n) is 3.21. The summed E-state index contributed by atoms with van der Waals surface area (Å²) in [6.45, 7) is 0.870. The van der Waals surface area contributed by atoms with Gasteiger partial charge in [-0.15, -0.1) is 0 Å². The second-order valence-electron chi connectivity index (χ2n) is 6.61. The van der Waals surface area contributed by atoms with Crippen molar-refractivity contribution in [3.05, 3.63) is 41.8 Å². The predicted molar refractivity (Wildman–Crippen MR) is 87.1 cm³/mol. The van der Waals surface area contributed by atoms with Crippen molar-refractivity contribution < 1.29 is 18.7 Å². The molecule has 2 fully saturated rings. The molecule has 1 atom stereocenters. The molecule has 25 heavy (non-hydrogen) atoms. The van der Waals surface area contributed by atoms with Crippen molar-refractivity contribution in [3.8, 4) is 11.3 Å². The quantitative estimate of drug-likeness (QED) is 0.846. The third-order valence-corrected chi connectivity index (χ3v) is 4.67. The lowest BCUT2D eigenvalue weighted by Crippen LogP contribution is -2.27. The van der Waals surface area contributed by atoms with Crippen molar-refractivity contribution in [1.82, 2.24) is 15.1 Å². The van der Waals surface area contributed by atoms with Crippen LogP contribution in [0.3, 0.4) is 0 Å². The van der Waals surface area contributed by atoms with E-state index in [1.54, 1.807) is 12.1 Å². The highest BCUT2D eigenvalue weighted by atomic mass is 19.1. The minimum absolute atomic E-state index is 0.0400. The number of hydrogen-bond acceptors (Lipinski definition) is 4. The molecule has 0 spiro atoms. The SMILES string of the molecule is O=C(OC[C@H]1CC(=O)N(C2CC2)C1)c1cn[nH]c1-c1ccc(F)cc1. The Morgan fingerprint density at radius 2 is 2.08 bits per heavy atom. The molecule has 7 heteroatoms. The molecule has 2 aliphatic rings. The number of carbonyl (C=O) groups excluding carboxylic acids is 2. The maximum Gasteiger partial charge on any atom is 0.341 e. The molecule has 2 heterocycles. The number of benzene rings is 1. The van der Waals surface area contributed by atoms with Gasteiger partial charge in [-0.2, -0.15) is 5.10 Å². The number of aromatic amines is 1. The van der Waals surface area contributed by atoms with E-state index in [1.165, 1.54) is 18.3 Å². The van der Waals surface area contributed by atoms with Crippen molar-refractivity contribution in [3.63, 3.8) is 0 Å². The molecule has 2 aromatic rings. The van der Waals surface area contributed by atoms with E-state index in [0.29, 0.717) is 35.8 Å². The van der Waals surface area contributed by atoms with Crippen LogP contribution in [0.25, 0.3) is 11.3 Å². The van der Waals surface area contributed by atoms with E-state index in [9.17, 15) is 14.0 Å². The van der Waals surface area contributed by atoms with E-state index in [1.807, 2.05) is 4.90 Å². The van der Waals surface area contributed by atoms with Crippen molar-refractivity contribution in [2.24, 2.45) is 5.92 Å².